The highest BCUT2D eigenvalue weighted by atomic mass is 79.9. The van der Waals surface area contributed by atoms with Crippen molar-refractivity contribution < 1.29 is 43.1 Å². The van der Waals surface area contributed by atoms with Crippen molar-refractivity contribution in [2.24, 2.45) is 0 Å². The average molecular weight is 1740 g/mol. The number of fused-ring (bicyclic) bond motifs is 3. The Bertz CT molecular complexity index is 3540. The van der Waals surface area contributed by atoms with Crippen LogP contribution in [0.4, 0.5) is 0 Å². The molecule has 10 rings (SSSR count). The summed E-state index contributed by atoms with van der Waals surface area (Å²) in [6.07, 6.45) is 38.6. The molecular formula is C77H100Br4Cl8N8. The fourth-order valence-corrected chi connectivity index (χ4v) is 12.9. The van der Waals surface area contributed by atoms with Crippen LogP contribution in [0.25, 0.3) is 32.3 Å². The predicted molar refractivity (Wildman–Crippen MR) is 420 cm³/mol. The summed E-state index contributed by atoms with van der Waals surface area (Å²) >= 11 is 55.1. The van der Waals surface area contributed by atoms with Crippen LogP contribution < -0.4 is 43.1 Å². The lowest BCUT2D eigenvalue weighted by Gasteiger charge is -2.03. The Labute approximate surface area is 658 Å². The van der Waals surface area contributed by atoms with Gasteiger partial charge < -0.3 is 43.5 Å². The smallest absolute Gasteiger partial charge is 0.255 e. The van der Waals surface area contributed by atoms with Crippen LogP contribution in [-0.4, -0.2) is 34.0 Å². The summed E-state index contributed by atoms with van der Waals surface area (Å²) in [4.78, 5) is 10.1. The van der Waals surface area contributed by atoms with Crippen molar-refractivity contribution in [3.63, 3.8) is 0 Å². The molecule has 0 saturated heterocycles. The molecule has 6 aromatic carbocycles. The van der Waals surface area contributed by atoms with Gasteiger partial charge in [0.1, 0.15) is 23.4 Å². The number of aryl methyl sites for hydroxylation is 3. The fraction of sp³-hybridized carbons (Fsp3) is 0.455. The molecule has 0 aliphatic heterocycles. The van der Waals surface area contributed by atoms with Gasteiger partial charge in [-0.15, -0.1) is 0 Å². The Morgan fingerprint density at radius 1 is 0.371 bits per heavy atom. The highest BCUT2D eigenvalue weighted by molar-refractivity contribution is 9.09. The predicted octanol–water partition coefficient (Wildman–Crippen LogP) is 21.0. The van der Waals surface area contributed by atoms with E-state index in [-0.39, 0.29) is 34.0 Å². The van der Waals surface area contributed by atoms with Crippen molar-refractivity contribution in [1.29, 1.82) is 0 Å². The van der Waals surface area contributed by atoms with Crippen LogP contribution in [0.2, 0.25) is 41.2 Å². The van der Waals surface area contributed by atoms with Crippen molar-refractivity contribution in [3.05, 3.63) is 211 Å². The van der Waals surface area contributed by atoms with Crippen molar-refractivity contribution in [1.82, 2.24) is 28.7 Å². The maximum absolute atomic E-state index is 6.47. The highest BCUT2D eigenvalue weighted by Gasteiger charge is 2.22. The minimum atomic E-state index is 0. The van der Waals surface area contributed by atoms with E-state index in [2.05, 4.69) is 211 Å². The van der Waals surface area contributed by atoms with Crippen molar-refractivity contribution in [2.75, 3.05) is 5.33 Å². The number of alkyl halides is 2. The van der Waals surface area contributed by atoms with E-state index < -0.39 is 0 Å². The Kier molecular flexibility index (Phi) is 48.3. The van der Waals surface area contributed by atoms with Crippen molar-refractivity contribution >= 4 is 157 Å². The van der Waals surface area contributed by atoms with E-state index in [1.165, 1.54) is 196 Å². The molecule has 532 valence electrons. The van der Waals surface area contributed by atoms with Gasteiger partial charge in [-0.05, 0) is 146 Å². The van der Waals surface area contributed by atoms with Gasteiger partial charge in [0.25, 0.3) is 20.6 Å². The van der Waals surface area contributed by atoms with E-state index >= 15 is 0 Å². The molecule has 8 nitrogen and oxygen atoms in total. The second kappa shape index (κ2) is 53.0. The van der Waals surface area contributed by atoms with E-state index in [0.717, 1.165) is 57.3 Å². The average Bonchev–Trinajstić information content (AvgIpc) is 1.80. The molecule has 0 radical (unpaired) electrons. The summed E-state index contributed by atoms with van der Waals surface area (Å²) in [6.45, 7) is 13.2. The molecule has 0 spiro atoms. The second-order valence-electron chi connectivity index (χ2n) is 24.0. The summed E-state index contributed by atoms with van der Waals surface area (Å²) in [5, 5.41) is 13.9. The second-order valence-corrected chi connectivity index (χ2v) is 28.2. The summed E-state index contributed by atoms with van der Waals surface area (Å²) in [5.41, 5.74) is 3.78. The van der Waals surface area contributed by atoms with Gasteiger partial charge >= 0.3 is 0 Å². The first-order chi connectivity index (χ1) is 46.2. The van der Waals surface area contributed by atoms with Crippen LogP contribution in [0.15, 0.2) is 153 Å². The molecule has 0 saturated carbocycles. The molecule has 20 heteroatoms. The molecular weight excluding hydrogens is 1640 g/mol. The van der Waals surface area contributed by atoms with E-state index in [4.69, 9.17) is 92.8 Å². The first-order valence-electron chi connectivity index (χ1n) is 34.4. The SMILES string of the molecule is BrCc1ccc2ccccc2c1.CCCCCCCCBr.CCCCCCCCn1c[n+](Cc2ccc3ccccc3c2)c(Cl)c1Cl.CCCCCCCCn1c[n+](Cc2ccc3ccccc3c2)c(Cl)c1Cl.CCCCCCCCn1cnc(Cl)c1Cl.Clc1nc[nH]c1Cl.[Br-].[Br-]. The van der Waals surface area contributed by atoms with Gasteiger partial charge in [-0.1, -0.05) is 337 Å². The van der Waals surface area contributed by atoms with Crippen LogP contribution in [0.5, 0.6) is 0 Å². The molecule has 0 atom stereocenters. The molecule has 4 aromatic heterocycles. The number of H-pyrrole nitrogens is 1. The van der Waals surface area contributed by atoms with Crippen molar-refractivity contribution in [2.45, 2.75) is 220 Å². The first kappa shape index (κ1) is 88.4. The fourth-order valence-electron chi connectivity index (χ4n) is 10.8. The van der Waals surface area contributed by atoms with Gasteiger partial charge in [-0.3, -0.25) is 0 Å². The molecule has 0 bridgehead atoms. The first-order valence-corrected chi connectivity index (χ1v) is 39.6. The number of unbranched alkanes of at least 4 members (excludes halogenated alkanes) is 20. The summed E-state index contributed by atoms with van der Waals surface area (Å²) in [6, 6.07) is 44.8. The molecule has 97 heavy (non-hydrogen) atoms. The third-order valence-corrected chi connectivity index (χ3v) is 20.7. The Balaban J connectivity index is 0.000000320. The summed E-state index contributed by atoms with van der Waals surface area (Å²) in [5.74, 6) is 0. The molecule has 0 aliphatic carbocycles. The molecule has 4 heterocycles. The number of hydrogen-bond donors (Lipinski definition) is 1. The molecule has 10 aromatic rings. The lowest BCUT2D eigenvalue weighted by Crippen LogP contribution is -3.00. The monoisotopic (exact) mass is 1730 g/mol. The number of halogens is 12. The van der Waals surface area contributed by atoms with E-state index in [9.17, 15) is 0 Å². The summed E-state index contributed by atoms with van der Waals surface area (Å²) in [7, 11) is 0. The minimum absolute atomic E-state index is 0. The van der Waals surface area contributed by atoms with E-state index in [0.29, 0.717) is 41.2 Å². The third kappa shape index (κ3) is 33.5. The minimum Gasteiger partial charge on any atom is -1.00 e. The quantitative estimate of drug-likeness (QED) is 0.0259. The number of nitrogens with one attached hydrogen (secondary N) is 1. The van der Waals surface area contributed by atoms with Crippen LogP contribution in [0, 0.1) is 0 Å². The molecule has 0 aliphatic rings. The molecule has 1 N–H and O–H groups in total. The number of rotatable bonds is 32. The summed E-state index contributed by atoms with van der Waals surface area (Å²) < 4.78 is 10.1. The number of aromatic nitrogens is 8. The topological polar surface area (TPSA) is 64.1 Å². The maximum atomic E-state index is 6.47. The number of hydrogen-bond acceptors (Lipinski definition) is 2. The van der Waals surface area contributed by atoms with E-state index in [1.807, 2.05) is 26.4 Å². The van der Waals surface area contributed by atoms with E-state index in [1.54, 1.807) is 6.33 Å². The van der Waals surface area contributed by atoms with Crippen LogP contribution in [0.1, 0.15) is 198 Å². The van der Waals surface area contributed by atoms with Crippen LogP contribution in [0.3, 0.4) is 0 Å². The lowest BCUT2D eigenvalue weighted by atomic mass is 10.1. The van der Waals surface area contributed by atoms with Gasteiger partial charge in [0, 0.05) is 17.2 Å². The maximum Gasteiger partial charge on any atom is 0.255 e. The number of benzene rings is 6. The van der Waals surface area contributed by atoms with Crippen LogP contribution >= 0.6 is 125 Å². The number of aromatic amines is 1. The van der Waals surface area contributed by atoms with Gasteiger partial charge in [0.15, 0.2) is 10.3 Å². The molecule has 0 amide bonds. The Morgan fingerprint density at radius 3 is 1.03 bits per heavy atom. The lowest BCUT2D eigenvalue weighted by molar-refractivity contribution is -0.685. The zero-order chi connectivity index (χ0) is 68.4. The van der Waals surface area contributed by atoms with Crippen LogP contribution in [-0.2, 0) is 38.1 Å². The van der Waals surface area contributed by atoms with Gasteiger partial charge in [0.2, 0.25) is 12.7 Å². The number of nitrogens with zero attached hydrogens (tertiary/aromatic N) is 7. The molecule has 0 fully saturated rings. The Morgan fingerprint density at radius 2 is 0.711 bits per heavy atom. The third-order valence-electron chi connectivity index (χ3n) is 16.2. The zero-order valence-corrected chi connectivity index (χ0v) is 69.4. The standard InChI is InChI=1S/2C22H27Cl2N2.C11H9Br.C11H18Cl2N2.C8H17Br.C3H2Cl2N2.2BrH/c2*1-2-3-4-5-6-9-14-25-17-26(22(24)21(25)23)16-18-12-13-19-10-7-8-11-20(19)15-18;12-8-9-5-6-10-3-1-2-4-11(10)7-9;1-2-3-4-5-6-7-8-15-9-14-10(12)11(15)13;1-2-3-4-5-6-7-8-9;4-2-3(5)7-1-6-2;;/h2*7-8,10-13,15,17H,2-6,9,14,16H2,1H3;1-7H,8H2;9H,2-8H2,1H3;2-8H2,1H3;1H,(H,6,7);2*1H/q2*+1;;;;;;/p-2. The largest absolute Gasteiger partial charge is 1.00 e. The van der Waals surface area contributed by atoms with Crippen molar-refractivity contribution in [3.8, 4) is 0 Å². The zero-order valence-electron chi connectivity index (χ0n) is 57.0. The number of imidazole rings is 4. The normalized spacial score (nSPS) is 10.7. The molecule has 0 unspecified atom stereocenters. The van der Waals surface area contributed by atoms with Gasteiger partial charge in [0.05, 0.1) is 25.7 Å². The highest BCUT2D eigenvalue weighted by Crippen LogP contribution is 2.25. The van der Waals surface area contributed by atoms with Gasteiger partial charge in [-0.2, -0.15) is 0 Å². The van der Waals surface area contributed by atoms with Gasteiger partial charge in [-0.25, -0.2) is 28.2 Å². The Hall–Kier alpha value is -2.82.